The second kappa shape index (κ2) is 6.84. The third-order valence-electron chi connectivity index (χ3n) is 3.62. The number of anilines is 1. The van der Waals surface area contributed by atoms with Gasteiger partial charge in [-0.3, -0.25) is 9.59 Å². The lowest BCUT2D eigenvalue weighted by molar-refractivity contribution is 0.102. The van der Waals surface area contributed by atoms with Crippen LogP contribution in [0, 0.1) is 6.92 Å². The zero-order chi connectivity index (χ0) is 17.1. The van der Waals surface area contributed by atoms with Gasteiger partial charge in [0.15, 0.2) is 0 Å². The molecule has 0 fully saturated rings. The number of pyridine rings is 1. The van der Waals surface area contributed by atoms with E-state index >= 15 is 0 Å². The normalized spacial score (nSPS) is 10.4. The lowest BCUT2D eigenvalue weighted by Crippen LogP contribution is -2.23. The number of nitrogens with one attached hydrogen (secondary N) is 2. The van der Waals surface area contributed by atoms with Gasteiger partial charge < -0.3 is 10.3 Å². The van der Waals surface area contributed by atoms with Crippen LogP contribution >= 0.6 is 15.9 Å². The van der Waals surface area contributed by atoms with E-state index in [-0.39, 0.29) is 5.56 Å². The molecule has 1 aromatic heterocycles. The first kappa shape index (κ1) is 16.2. The summed E-state index contributed by atoms with van der Waals surface area (Å²) in [5.41, 5.74) is 3.02. The molecular weight excluding hydrogens is 368 g/mol. The van der Waals surface area contributed by atoms with Crippen LogP contribution in [0.3, 0.4) is 0 Å². The van der Waals surface area contributed by atoms with Crippen molar-refractivity contribution in [3.63, 3.8) is 0 Å². The monoisotopic (exact) mass is 382 g/mol. The molecule has 5 heteroatoms. The van der Waals surface area contributed by atoms with Crippen molar-refractivity contribution in [2.75, 3.05) is 5.32 Å². The Balaban J connectivity index is 1.84. The fourth-order valence-corrected chi connectivity index (χ4v) is 2.55. The number of hydrogen-bond donors (Lipinski definition) is 2. The van der Waals surface area contributed by atoms with E-state index in [1.54, 1.807) is 24.3 Å². The highest BCUT2D eigenvalue weighted by Crippen LogP contribution is 2.17. The van der Waals surface area contributed by atoms with E-state index in [4.69, 9.17) is 0 Å². The number of benzene rings is 2. The molecule has 0 saturated carbocycles. The Morgan fingerprint density at radius 1 is 0.958 bits per heavy atom. The van der Waals surface area contributed by atoms with Crippen LogP contribution in [-0.2, 0) is 0 Å². The summed E-state index contributed by atoms with van der Waals surface area (Å²) in [6.45, 7) is 2.00. The second-order valence-electron chi connectivity index (χ2n) is 5.44. The van der Waals surface area contributed by atoms with Crippen LogP contribution in [0.4, 0.5) is 5.69 Å². The molecule has 3 rings (SSSR count). The summed E-state index contributed by atoms with van der Waals surface area (Å²) in [6.07, 6.45) is 0. The number of aromatic amines is 1. The maximum absolute atomic E-state index is 12.3. The van der Waals surface area contributed by atoms with Gasteiger partial charge in [-0.15, -0.1) is 0 Å². The van der Waals surface area contributed by atoms with Crippen LogP contribution in [-0.4, -0.2) is 10.9 Å². The van der Waals surface area contributed by atoms with E-state index in [0.717, 1.165) is 15.6 Å². The molecule has 0 aliphatic heterocycles. The lowest BCUT2D eigenvalue weighted by atomic mass is 10.1. The number of rotatable bonds is 3. The van der Waals surface area contributed by atoms with Gasteiger partial charge >= 0.3 is 0 Å². The minimum absolute atomic E-state index is 0.0776. The Kier molecular flexibility index (Phi) is 4.62. The predicted molar refractivity (Wildman–Crippen MR) is 99.3 cm³/mol. The summed E-state index contributed by atoms with van der Waals surface area (Å²) < 4.78 is 0.917. The van der Waals surface area contributed by atoms with Gasteiger partial charge in [0.2, 0.25) is 0 Å². The summed E-state index contributed by atoms with van der Waals surface area (Å²) in [5.74, 6) is -0.436. The first-order chi connectivity index (χ1) is 11.5. The molecule has 0 radical (unpaired) electrons. The minimum Gasteiger partial charge on any atom is -0.322 e. The topological polar surface area (TPSA) is 62.0 Å². The second-order valence-corrected chi connectivity index (χ2v) is 6.36. The number of hydrogen-bond acceptors (Lipinski definition) is 2. The quantitative estimate of drug-likeness (QED) is 0.706. The number of aromatic nitrogens is 1. The van der Waals surface area contributed by atoms with Gasteiger partial charge in [-0.05, 0) is 48.9 Å². The van der Waals surface area contributed by atoms with Crippen LogP contribution in [0.2, 0.25) is 0 Å². The Bertz CT molecular complexity index is 929. The number of H-pyrrole nitrogens is 1. The molecule has 4 nitrogen and oxygen atoms in total. The first-order valence-electron chi connectivity index (χ1n) is 7.40. The van der Waals surface area contributed by atoms with Crippen LogP contribution < -0.4 is 10.9 Å². The van der Waals surface area contributed by atoms with E-state index in [2.05, 4.69) is 26.2 Å². The third-order valence-corrected chi connectivity index (χ3v) is 4.15. The standard InChI is InChI=1S/C19H15BrN2O2/c1-12-2-4-13(5-3-12)17-11-10-16(19(24)22-17)18(23)21-15-8-6-14(20)7-9-15/h2-11H,1H3,(H,21,23)(H,22,24). The summed E-state index contributed by atoms with van der Waals surface area (Å²) in [6, 6.07) is 18.3. The molecule has 2 N–H and O–H groups in total. The molecule has 0 bridgehead atoms. The summed E-state index contributed by atoms with van der Waals surface area (Å²) in [4.78, 5) is 27.3. The highest BCUT2D eigenvalue weighted by Gasteiger charge is 2.11. The third kappa shape index (κ3) is 3.63. The number of halogens is 1. The number of carbonyl (C=O) groups is 1. The zero-order valence-electron chi connectivity index (χ0n) is 13.0. The highest BCUT2D eigenvalue weighted by atomic mass is 79.9. The predicted octanol–water partition coefficient (Wildman–Crippen LogP) is 4.37. The fraction of sp³-hybridized carbons (Fsp3) is 0.0526. The van der Waals surface area contributed by atoms with Gasteiger partial charge in [-0.25, -0.2) is 0 Å². The highest BCUT2D eigenvalue weighted by molar-refractivity contribution is 9.10. The van der Waals surface area contributed by atoms with Crippen molar-refractivity contribution < 1.29 is 4.79 Å². The van der Waals surface area contributed by atoms with Crippen molar-refractivity contribution in [2.24, 2.45) is 0 Å². The van der Waals surface area contributed by atoms with Crippen molar-refractivity contribution in [2.45, 2.75) is 6.92 Å². The van der Waals surface area contributed by atoms with Gasteiger partial charge in [0, 0.05) is 15.9 Å². The number of amides is 1. The van der Waals surface area contributed by atoms with E-state index < -0.39 is 11.5 Å². The molecule has 0 unspecified atom stereocenters. The maximum atomic E-state index is 12.3. The van der Waals surface area contributed by atoms with Crippen molar-refractivity contribution in [3.05, 3.63) is 86.6 Å². The molecule has 120 valence electrons. The van der Waals surface area contributed by atoms with E-state index in [9.17, 15) is 9.59 Å². The zero-order valence-corrected chi connectivity index (χ0v) is 14.6. The molecule has 0 aliphatic carbocycles. The van der Waals surface area contributed by atoms with Crippen molar-refractivity contribution >= 4 is 27.5 Å². The molecule has 0 saturated heterocycles. The molecule has 0 atom stereocenters. The summed E-state index contributed by atoms with van der Waals surface area (Å²) >= 11 is 3.34. The van der Waals surface area contributed by atoms with Crippen molar-refractivity contribution in [1.82, 2.24) is 4.98 Å². The largest absolute Gasteiger partial charge is 0.322 e. The fourth-order valence-electron chi connectivity index (χ4n) is 2.29. The van der Waals surface area contributed by atoms with Gasteiger partial charge in [-0.1, -0.05) is 45.8 Å². The molecular formula is C19H15BrN2O2. The van der Waals surface area contributed by atoms with Crippen molar-refractivity contribution in [3.8, 4) is 11.3 Å². The van der Waals surface area contributed by atoms with E-state index in [1.807, 2.05) is 43.3 Å². The summed E-state index contributed by atoms with van der Waals surface area (Å²) in [5, 5.41) is 2.71. The molecule has 0 spiro atoms. The molecule has 2 aromatic carbocycles. The van der Waals surface area contributed by atoms with Gasteiger partial charge in [0.1, 0.15) is 5.56 Å². The summed E-state index contributed by atoms with van der Waals surface area (Å²) in [7, 11) is 0. The lowest BCUT2D eigenvalue weighted by Gasteiger charge is -2.07. The van der Waals surface area contributed by atoms with Crippen LogP contribution in [0.1, 0.15) is 15.9 Å². The number of aryl methyl sites for hydroxylation is 1. The molecule has 1 heterocycles. The van der Waals surface area contributed by atoms with Gasteiger partial charge in [-0.2, -0.15) is 0 Å². The Hall–Kier alpha value is -2.66. The Labute approximate surface area is 147 Å². The molecule has 3 aromatic rings. The average Bonchev–Trinajstić information content (AvgIpc) is 2.57. The van der Waals surface area contributed by atoms with Gasteiger partial charge in [0.25, 0.3) is 11.5 Å². The van der Waals surface area contributed by atoms with Gasteiger partial charge in [0.05, 0.1) is 0 Å². The average molecular weight is 383 g/mol. The van der Waals surface area contributed by atoms with E-state index in [0.29, 0.717) is 11.4 Å². The first-order valence-corrected chi connectivity index (χ1v) is 8.19. The minimum atomic E-state index is -0.436. The van der Waals surface area contributed by atoms with Crippen LogP contribution in [0.15, 0.2) is 69.9 Å². The van der Waals surface area contributed by atoms with Crippen LogP contribution in [0.25, 0.3) is 11.3 Å². The van der Waals surface area contributed by atoms with E-state index in [1.165, 1.54) is 0 Å². The molecule has 1 amide bonds. The Morgan fingerprint density at radius 2 is 1.62 bits per heavy atom. The smallest absolute Gasteiger partial charge is 0.261 e. The molecule has 0 aliphatic rings. The number of carbonyl (C=O) groups excluding carboxylic acids is 1. The van der Waals surface area contributed by atoms with Crippen molar-refractivity contribution in [1.29, 1.82) is 0 Å². The SMILES string of the molecule is Cc1ccc(-c2ccc(C(=O)Nc3ccc(Br)cc3)c(=O)[nH]2)cc1. The van der Waals surface area contributed by atoms with Crippen LogP contribution in [0.5, 0.6) is 0 Å². The molecule has 24 heavy (non-hydrogen) atoms. The Morgan fingerprint density at radius 3 is 2.25 bits per heavy atom. The maximum Gasteiger partial charge on any atom is 0.261 e.